The Balaban J connectivity index is 1.58. The Morgan fingerprint density at radius 1 is 0.884 bits per heavy atom. The molecule has 6 fully saturated rings. The monoisotopic (exact) mass is 623 g/mol. The van der Waals surface area contributed by atoms with E-state index >= 15 is 0 Å². The lowest BCUT2D eigenvalue weighted by Gasteiger charge is -2.66. The van der Waals surface area contributed by atoms with Crippen LogP contribution in [0.4, 0.5) is 31.1 Å². The fraction of sp³-hybridized carbons (Fsp3) is 0.815. The SMILES string of the molecule is CC(C)(C)OC(=O)N[C@H](C(=O)N1[C@@H]2C[C@@H]2C[C@@H]1C#N)C12CC3C[C@](OC(=O)C(F)(F)F)(C1)C[C@@](OC(=O)C(F)(F)F)(C3)C2. The van der Waals surface area contributed by atoms with E-state index in [0.29, 0.717) is 12.8 Å². The Kier molecular flexibility index (Phi) is 6.98. The summed E-state index contributed by atoms with van der Waals surface area (Å²) in [4.78, 5) is 52.8. The number of hydrogen-bond acceptors (Lipinski definition) is 8. The minimum atomic E-state index is -5.44. The van der Waals surface area contributed by atoms with Crippen molar-refractivity contribution in [2.45, 2.75) is 119 Å². The highest BCUT2D eigenvalue weighted by Gasteiger charge is 2.71. The number of ether oxygens (including phenoxy) is 3. The van der Waals surface area contributed by atoms with E-state index in [1.807, 2.05) is 6.07 Å². The predicted molar refractivity (Wildman–Crippen MR) is 129 cm³/mol. The van der Waals surface area contributed by atoms with E-state index in [-0.39, 0.29) is 31.2 Å². The van der Waals surface area contributed by atoms with E-state index in [1.54, 1.807) is 20.8 Å². The molecule has 2 unspecified atom stereocenters. The van der Waals surface area contributed by atoms with Crippen molar-refractivity contribution >= 4 is 23.9 Å². The highest BCUT2D eigenvalue weighted by molar-refractivity contribution is 5.88. The average molecular weight is 624 g/mol. The smallest absolute Gasteiger partial charge is 0.452 e. The van der Waals surface area contributed by atoms with Crippen molar-refractivity contribution < 1.29 is 59.7 Å². The third-order valence-corrected chi connectivity index (χ3v) is 9.12. The maximum Gasteiger partial charge on any atom is 0.490 e. The van der Waals surface area contributed by atoms with Crippen LogP contribution in [-0.2, 0) is 28.6 Å². The zero-order chi connectivity index (χ0) is 32.0. The van der Waals surface area contributed by atoms with E-state index in [2.05, 4.69) is 5.32 Å². The molecule has 4 bridgehead atoms. The van der Waals surface area contributed by atoms with Gasteiger partial charge in [0.15, 0.2) is 0 Å². The minimum absolute atomic E-state index is 0.0367. The highest BCUT2D eigenvalue weighted by Crippen LogP contribution is 2.67. The third-order valence-electron chi connectivity index (χ3n) is 9.12. The molecule has 238 valence electrons. The molecule has 5 saturated carbocycles. The van der Waals surface area contributed by atoms with Crippen LogP contribution >= 0.6 is 0 Å². The number of fused-ring (bicyclic) bond motifs is 1. The molecule has 6 aliphatic rings. The van der Waals surface area contributed by atoms with Crippen LogP contribution < -0.4 is 5.32 Å². The lowest BCUT2D eigenvalue weighted by Crippen LogP contribution is -2.72. The molecule has 0 aromatic rings. The van der Waals surface area contributed by atoms with Gasteiger partial charge in [-0.2, -0.15) is 31.6 Å². The molecule has 6 rings (SSSR count). The molecule has 10 nitrogen and oxygen atoms in total. The Morgan fingerprint density at radius 2 is 1.42 bits per heavy atom. The van der Waals surface area contributed by atoms with Crippen molar-refractivity contribution in [3.8, 4) is 6.07 Å². The summed E-state index contributed by atoms with van der Waals surface area (Å²) in [5.41, 5.74) is -6.75. The quantitative estimate of drug-likeness (QED) is 0.275. The second kappa shape index (κ2) is 9.62. The first-order valence-electron chi connectivity index (χ1n) is 13.9. The maximum absolute atomic E-state index is 14.3. The van der Waals surface area contributed by atoms with Crippen molar-refractivity contribution in [1.29, 1.82) is 5.26 Å². The number of nitrogens with zero attached hydrogens (tertiary/aromatic N) is 2. The number of carbonyl (C=O) groups is 4. The van der Waals surface area contributed by atoms with Crippen LogP contribution in [0.15, 0.2) is 0 Å². The first kappa shape index (κ1) is 31.2. The van der Waals surface area contributed by atoms with E-state index in [4.69, 9.17) is 14.2 Å². The van der Waals surface area contributed by atoms with Gasteiger partial charge in [-0.25, -0.2) is 14.4 Å². The van der Waals surface area contributed by atoms with Crippen molar-refractivity contribution in [3.05, 3.63) is 0 Å². The number of alkyl carbamates (subject to hydrolysis) is 1. The Morgan fingerprint density at radius 3 is 1.88 bits per heavy atom. The number of nitrogens with one attached hydrogen (secondary N) is 1. The summed E-state index contributed by atoms with van der Waals surface area (Å²) in [7, 11) is 0. The van der Waals surface area contributed by atoms with Gasteiger partial charge < -0.3 is 24.4 Å². The van der Waals surface area contributed by atoms with Crippen LogP contribution in [0.1, 0.15) is 72.1 Å². The summed E-state index contributed by atoms with van der Waals surface area (Å²) < 4.78 is 95.5. The minimum Gasteiger partial charge on any atom is -0.452 e. The molecule has 0 aromatic carbocycles. The molecular formula is C27H31F6N3O7. The summed E-state index contributed by atoms with van der Waals surface area (Å²) in [5, 5.41) is 12.2. The molecule has 1 aliphatic heterocycles. The molecule has 1 saturated heterocycles. The molecular weight excluding hydrogens is 592 g/mol. The van der Waals surface area contributed by atoms with Crippen LogP contribution in [0.2, 0.25) is 0 Å². The summed E-state index contributed by atoms with van der Waals surface area (Å²) in [6, 6.07) is -0.730. The normalized spacial score (nSPS) is 36.7. The second-order valence-corrected chi connectivity index (χ2v) is 13.8. The van der Waals surface area contributed by atoms with E-state index in [9.17, 15) is 50.8 Å². The lowest BCUT2D eigenvalue weighted by molar-refractivity contribution is -0.279. The lowest BCUT2D eigenvalue weighted by atomic mass is 9.44. The number of esters is 2. The second-order valence-electron chi connectivity index (χ2n) is 13.8. The number of hydrogen-bond donors (Lipinski definition) is 1. The summed E-state index contributed by atoms with van der Waals surface area (Å²) in [6.45, 7) is 4.64. The van der Waals surface area contributed by atoms with Gasteiger partial charge in [-0.05, 0) is 77.6 Å². The average Bonchev–Trinajstić information content (AvgIpc) is 3.47. The van der Waals surface area contributed by atoms with E-state index < -0.39 is 95.8 Å². The molecule has 2 amide bonds. The van der Waals surface area contributed by atoms with Crippen LogP contribution in [0.5, 0.6) is 0 Å². The van der Waals surface area contributed by atoms with Crippen LogP contribution in [0, 0.1) is 28.6 Å². The molecule has 16 heteroatoms. The molecule has 0 radical (unpaired) electrons. The first-order valence-corrected chi connectivity index (χ1v) is 13.9. The van der Waals surface area contributed by atoms with Crippen LogP contribution in [0.3, 0.4) is 0 Å². The summed E-state index contributed by atoms with van der Waals surface area (Å²) in [6.07, 6.45) is -12.8. The van der Waals surface area contributed by atoms with E-state index in [0.717, 1.165) is 0 Å². The molecule has 0 spiro atoms. The predicted octanol–water partition coefficient (Wildman–Crippen LogP) is 4.07. The van der Waals surface area contributed by atoms with Crippen LogP contribution in [0.25, 0.3) is 0 Å². The van der Waals surface area contributed by atoms with Gasteiger partial charge in [-0.1, -0.05) is 0 Å². The van der Waals surface area contributed by atoms with Gasteiger partial charge in [0.05, 0.1) is 6.07 Å². The fourth-order valence-corrected chi connectivity index (χ4v) is 8.33. The topological polar surface area (TPSA) is 135 Å². The van der Waals surface area contributed by atoms with Crippen molar-refractivity contribution in [1.82, 2.24) is 10.2 Å². The van der Waals surface area contributed by atoms with Gasteiger partial charge in [0.2, 0.25) is 5.91 Å². The maximum atomic E-state index is 14.3. The van der Waals surface area contributed by atoms with Gasteiger partial charge in [0, 0.05) is 17.9 Å². The molecule has 5 aliphatic carbocycles. The van der Waals surface area contributed by atoms with Gasteiger partial charge in [-0.15, -0.1) is 0 Å². The third kappa shape index (κ3) is 5.83. The number of halogens is 6. The fourth-order valence-electron chi connectivity index (χ4n) is 8.33. The number of likely N-dealkylation sites (tertiary alicyclic amines) is 1. The van der Waals surface area contributed by atoms with Crippen molar-refractivity contribution in [3.63, 3.8) is 0 Å². The number of amides is 2. The first-order chi connectivity index (χ1) is 19.6. The zero-order valence-electron chi connectivity index (χ0n) is 23.6. The Bertz CT molecular complexity index is 1230. The Hall–Kier alpha value is -3.25. The highest BCUT2D eigenvalue weighted by atomic mass is 19.4. The summed E-state index contributed by atoms with van der Waals surface area (Å²) >= 11 is 0. The Labute approximate surface area is 242 Å². The number of carbonyl (C=O) groups excluding carboxylic acids is 4. The summed E-state index contributed by atoms with van der Waals surface area (Å²) in [5.74, 6) is -6.58. The van der Waals surface area contributed by atoms with Gasteiger partial charge in [0.25, 0.3) is 0 Å². The number of rotatable bonds is 5. The van der Waals surface area contributed by atoms with Crippen LogP contribution in [-0.4, -0.2) is 76.1 Å². The standard InChI is InChI=1S/C27H31F6N3O7/c1-22(2,3)43-21(40)35-17(18(37)36-15(9-34)4-14-5-16(14)36)23-6-13-7-24(10-23,41-19(38)26(28,29)30)12-25(8-13,11-23)42-20(39)27(31,32)33/h13-17H,4-8,10-12H2,1-3H3,(H,35,40)/t13?,14-,15+,16+,17+,23?,24-,25+/m0/s1. The number of nitriles is 1. The number of piperidine rings is 1. The number of alkyl halides is 6. The van der Waals surface area contributed by atoms with Crippen molar-refractivity contribution in [2.75, 3.05) is 0 Å². The van der Waals surface area contributed by atoms with Gasteiger partial charge in [-0.3, -0.25) is 4.79 Å². The van der Waals surface area contributed by atoms with Crippen molar-refractivity contribution in [2.24, 2.45) is 17.3 Å². The molecule has 0 aromatic heterocycles. The molecule has 1 heterocycles. The largest absolute Gasteiger partial charge is 0.490 e. The van der Waals surface area contributed by atoms with Gasteiger partial charge >= 0.3 is 30.4 Å². The molecule has 1 N–H and O–H groups in total. The molecule has 43 heavy (non-hydrogen) atoms. The zero-order valence-corrected chi connectivity index (χ0v) is 23.6. The molecule has 8 atom stereocenters. The van der Waals surface area contributed by atoms with Gasteiger partial charge in [0.1, 0.15) is 28.9 Å². The van der Waals surface area contributed by atoms with E-state index in [1.165, 1.54) is 4.90 Å².